The van der Waals surface area contributed by atoms with Crippen molar-refractivity contribution >= 4 is 21.9 Å². The maximum absolute atomic E-state index is 13.1. The average molecular weight is 427 g/mol. The van der Waals surface area contributed by atoms with Crippen molar-refractivity contribution in [1.29, 1.82) is 0 Å². The lowest BCUT2D eigenvalue weighted by molar-refractivity contribution is -0.163. The summed E-state index contributed by atoms with van der Waals surface area (Å²) in [7, 11) is -3.73. The molecule has 0 unspecified atom stereocenters. The molecule has 1 aromatic carbocycles. The number of sulfonamides is 1. The summed E-state index contributed by atoms with van der Waals surface area (Å²) in [6.45, 7) is 3.32. The number of carbonyl (C=O) groups is 2. The van der Waals surface area contributed by atoms with E-state index in [4.69, 9.17) is 4.74 Å². The largest absolute Gasteiger partial charge is 0.452 e. The number of esters is 1. The van der Waals surface area contributed by atoms with E-state index in [0.717, 1.165) is 31.4 Å². The lowest BCUT2D eigenvalue weighted by Crippen LogP contribution is -2.44. The Morgan fingerprint density at radius 3 is 2.21 bits per heavy atom. The van der Waals surface area contributed by atoms with Crippen LogP contribution in [0, 0.1) is 11.7 Å². The summed E-state index contributed by atoms with van der Waals surface area (Å²) in [4.78, 5) is 26.6. The van der Waals surface area contributed by atoms with Crippen molar-refractivity contribution in [3.63, 3.8) is 0 Å². The second kappa shape index (κ2) is 9.21. The minimum atomic E-state index is -3.73. The average Bonchev–Trinajstić information content (AvgIpc) is 2.74. The fraction of sp³-hybridized carbons (Fsp3) is 0.600. The first kappa shape index (κ1) is 21.7. The van der Waals surface area contributed by atoms with Gasteiger partial charge in [0.1, 0.15) is 5.82 Å². The lowest BCUT2D eigenvalue weighted by Gasteiger charge is -2.32. The molecule has 0 aliphatic carbocycles. The Hall–Kier alpha value is -2.00. The van der Waals surface area contributed by atoms with Crippen molar-refractivity contribution in [2.24, 2.45) is 5.92 Å². The predicted octanol–water partition coefficient (Wildman–Crippen LogP) is 2.17. The maximum atomic E-state index is 13.1. The summed E-state index contributed by atoms with van der Waals surface area (Å²) in [5, 5.41) is 0. The van der Waals surface area contributed by atoms with E-state index in [1.165, 1.54) is 16.4 Å². The minimum absolute atomic E-state index is 0.0284. The third-order valence-corrected chi connectivity index (χ3v) is 7.46. The molecule has 0 aromatic heterocycles. The van der Waals surface area contributed by atoms with Crippen molar-refractivity contribution in [3.8, 4) is 0 Å². The first-order chi connectivity index (χ1) is 13.8. The quantitative estimate of drug-likeness (QED) is 0.674. The predicted molar refractivity (Wildman–Crippen MR) is 104 cm³/mol. The number of benzene rings is 1. The number of likely N-dealkylation sites (tertiary alicyclic amines) is 1. The number of nitrogens with zero attached hydrogens (tertiary/aromatic N) is 2. The van der Waals surface area contributed by atoms with E-state index in [2.05, 4.69) is 0 Å². The molecule has 2 fully saturated rings. The third kappa shape index (κ3) is 5.14. The van der Waals surface area contributed by atoms with Gasteiger partial charge in [0.2, 0.25) is 10.0 Å². The van der Waals surface area contributed by atoms with Crippen molar-refractivity contribution in [2.75, 3.05) is 26.2 Å². The van der Waals surface area contributed by atoms with E-state index < -0.39 is 33.8 Å². The van der Waals surface area contributed by atoms with Crippen molar-refractivity contribution in [1.82, 2.24) is 9.21 Å². The normalized spacial score (nSPS) is 20.3. The Kier molecular flexibility index (Phi) is 6.89. The highest BCUT2D eigenvalue weighted by atomic mass is 32.2. The monoisotopic (exact) mass is 426 g/mol. The molecule has 9 heteroatoms. The second-order valence-electron chi connectivity index (χ2n) is 7.60. The van der Waals surface area contributed by atoms with Gasteiger partial charge >= 0.3 is 5.97 Å². The lowest BCUT2D eigenvalue weighted by atomic mass is 9.98. The molecule has 7 nitrogen and oxygen atoms in total. The highest BCUT2D eigenvalue weighted by Crippen LogP contribution is 2.25. The number of hydrogen-bond acceptors (Lipinski definition) is 5. The van der Waals surface area contributed by atoms with Gasteiger partial charge in [-0.05, 0) is 63.3 Å². The number of carbonyl (C=O) groups excluding carboxylic acids is 2. The summed E-state index contributed by atoms with van der Waals surface area (Å²) in [6.07, 6.45) is 2.85. The molecule has 0 bridgehead atoms. The molecule has 2 aliphatic heterocycles. The molecule has 1 aromatic rings. The fourth-order valence-corrected chi connectivity index (χ4v) is 5.25. The Labute approximate surface area is 170 Å². The summed E-state index contributed by atoms with van der Waals surface area (Å²) >= 11 is 0. The molecule has 2 saturated heterocycles. The molecular formula is C20H27FN2O5S. The van der Waals surface area contributed by atoms with Crippen molar-refractivity contribution in [3.05, 3.63) is 30.1 Å². The molecule has 0 saturated carbocycles. The molecule has 2 heterocycles. The zero-order chi connectivity index (χ0) is 21.0. The number of amides is 1. The summed E-state index contributed by atoms with van der Waals surface area (Å²) in [5.41, 5.74) is 0. The van der Waals surface area contributed by atoms with E-state index in [9.17, 15) is 22.4 Å². The SMILES string of the molecule is C[C@H](OC(=O)C1CCN(S(=O)(=O)c2ccc(F)cc2)CC1)C(=O)N1CCCCC1. The molecule has 0 N–H and O–H groups in total. The summed E-state index contributed by atoms with van der Waals surface area (Å²) in [6, 6.07) is 4.69. The van der Waals surface area contributed by atoms with Gasteiger partial charge in [-0.3, -0.25) is 9.59 Å². The smallest absolute Gasteiger partial charge is 0.309 e. The van der Waals surface area contributed by atoms with E-state index in [1.54, 1.807) is 11.8 Å². The van der Waals surface area contributed by atoms with Crippen LogP contribution in [-0.4, -0.2) is 61.8 Å². The molecule has 1 atom stereocenters. The standard InChI is InChI=1S/C20H27FN2O5S/c1-15(19(24)22-11-3-2-4-12-22)28-20(25)16-9-13-23(14-10-16)29(26,27)18-7-5-17(21)6-8-18/h5-8,15-16H,2-4,9-14H2,1H3/t15-/m0/s1. The van der Waals surface area contributed by atoms with E-state index in [1.807, 2.05) is 0 Å². The van der Waals surface area contributed by atoms with Gasteiger partial charge in [0, 0.05) is 26.2 Å². The van der Waals surface area contributed by atoms with Crippen LogP contribution in [0.15, 0.2) is 29.2 Å². The second-order valence-corrected chi connectivity index (χ2v) is 9.54. The highest BCUT2D eigenvalue weighted by Gasteiger charge is 2.34. The van der Waals surface area contributed by atoms with Crippen LogP contribution in [0.2, 0.25) is 0 Å². The summed E-state index contributed by atoms with van der Waals surface area (Å²) < 4.78 is 45.0. The zero-order valence-electron chi connectivity index (χ0n) is 16.5. The van der Waals surface area contributed by atoms with Gasteiger partial charge in [-0.15, -0.1) is 0 Å². The number of halogens is 1. The van der Waals surface area contributed by atoms with Crippen LogP contribution >= 0.6 is 0 Å². The van der Waals surface area contributed by atoms with E-state index in [-0.39, 0.29) is 23.9 Å². The van der Waals surface area contributed by atoms with Crippen LogP contribution in [-0.2, 0) is 24.3 Å². The molecule has 1 amide bonds. The van der Waals surface area contributed by atoms with Gasteiger partial charge in [0.15, 0.2) is 6.10 Å². The van der Waals surface area contributed by atoms with Crippen molar-refractivity contribution in [2.45, 2.75) is 50.0 Å². The van der Waals surface area contributed by atoms with E-state index >= 15 is 0 Å². The molecule has 29 heavy (non-hydrogen) atoms. The Balaban J connectivity index is 1.52. The van der Waals surface area contributed by atoms with Crippen molar-refractivity contribution < 1.29 is 27.1 Å². The van der Waals surface area contributed by atoms with Crippen LogP contribution in [0.5, 0.6) is 0 Å². The van der Waals surface area contributed by atoms with Gasteiger partial charge in [0.05, 0.1) is 10.8 Å². The molecule has 2 aliphatic rings. The van der Waals surface area contributed by atoms with Crippen LogP contribution in [0.3, 0.4) is 0 Å². The first-order valence-corrected chi connectivity index (χ1v) is 11.5. The molecule has 160 valence electrons. The number of ether oxygens (including phenoxy) is 1. The molecular weight excluding hydrogens is 399 g/mol. The third-order valence-electron chi connectivity index (χ3n) is 5.55. The first-order valence-electron chi connectivity index (χ1n) is 10.0. The van der Waals surface area contributed by atoms with Gasteiger partial charge in [-0.2, -0.15) is 4.31 Å². The van der Waals surface area contributed by atoms with Crippen LogP contribution in [0.1, 0.15) is 39.0 Å². The van der Waals surface area contributed by atoms with E-state index in [0.29, 0.717) is 25.9 Å². The number of hydrogen-bond donors (Lipinski definition) is 0. The van der Waals surface area contributed by atoms with Crippen LogP contribution in [0.4, 0.5) is 4.39 Å². The molecule has 0 radical (unpaired) electrons. The number of piperidine rings is 2. The van der Waals surface area contributed by atoms with Gasteiger partial charge < -0.3 is 9.64 Å². The molecule has 3 rings (SSSR count). The van der Waals surface area contributed by atoms with Crippen LogP contribution in [0.25, 0.3) is 0 Å². The fourth-order valence-electron chi connectivity index (χ4n) is 3.78. The Morgan fingerprint density at radius 1 is 1.03 bits per heavy atom. The summed E-state index contributed by atoms with van der Waals surface area (Å²) in [5.74, 6) is -1.57. The highest BCUT2D eigenvalue weighted by molar-refractivity contribution is 7.89. The van der Waals surface area contributed by atoms with Gasteiger partial charge in [0.25, 0.3) is 5.91 Å². The zero-order valence-corrected chi connectivity index (χ0v) is 17.4. The van der Waals surface area contributed by atoms with Gasteiger partial charge in [-0.1, -0.05) is 0 Å². The van der Waals surface area contributed by atoms with Crippen LogP contribution < -0.4 is 0 Å². The Bertz CT molecular complexity index is 829. The number of rotatable bonds is 5. The minimum Gasteiger partial charge on any atom is -0.452 e. The van der Waals surface area contributed by atoms with Gasteiger partial charge in [-0.25, -0.2) is 12.8 Å². The Morgan fingerprint density at radius 2 is 1.62 bits per heavy atom. The molecule has 0 spiro atoms. The maximum Gasteiger partial charge on any atom is 0.309 e. The topological polar surface area (TPSA) is 84.0 Å².